The second-order valence-electron chi connectivity index (χ2n) is 3.67. The summed E-state index contributed by atoms with van der Waals surface area (Å²) in [6.45, 7) is 9.05. The number of nitrogens with zero attached hydrogens (tertiary/aromatic N) is 1. The van der Waals surface area contributed by atoms with Gasteiger partial charge in [-0.2, -0.15) is 0 Å². The summed E-state index contributed by atoms with van der Waals surface area (Å²) < 4.78 is 0. The summed E-state index contributed by atoms with van der Waals surface area (Å²) in [6.07, 6.45) is 5.76. The summed E-state index contributed by atoms with van der Waals surface area (Å²) >= 11 is 0. The van der Waals surface area contributed by atoms with E-state index in [2.05, 4.69) is 36.2 Å². The predicted octanol–water partition coefficient (Wildman–Crippen LogP) is 1.25. The maximum atomic E-state index is 3.43. The van der Waals surface area contributed by atoms with Gasteiger partial charge in [-0.1, -0.05) is 26.0 Å². The number of hydrogen-bond donors (Lipinski definition) is 1. The highest BCUT2D eigenvalue weighted by Crippen LogP contribution is 1.99. The van der Waals surface area contributed by atoms with Crippen LogP contribution in [0.2, 0.25) is 0 Å². The molecule has 0 bridgehead atoms. The van der Waals surface area contributed by atoms with Gasteiger partial charge in [-0.05, 0) is 6.42 Å². The lowest BCUT2D eigenvalue weighted by atomic mass is 10.2. The van der Waals surface area contributed by atoms with Gasteiger partial charge in [0.1, 0.15) is 0 Å². The molecular weight excluding hydrogens is 148 g/mol. The number of hydrogen-bond acceptors (Lipinski definition) is 2. The van der Waals surface area contributed by atoms with Gasteiger partial charge in [-0.3, -0.25) is 4.90 Å². The van der Waals surface area contributed by atoms with Gasteiger partial charge in [0.2, 0.25) is 0 Å². The van der Waals surface area contributed by atoms with Crippen LogP contribution in [0.5, 0.6) is 0 Å². The van der Waals surface area contributed by atoms with Crippen molar-refractivity contribution >= 4 is 0 Å². The van der Waals surface area contributed by atoms with Crippen molar-refractivity contribution in [1.82, 2.24) is 10.2 Å². The van der Waals surface area contributed by atoms with Crippen molar-refractivity contribution in [2.45, 2.75) is 26.3 Å². The van der Waals surface area contributed by atoms with Crippen molar-refractivity contribution < 1.29 is 0 Å². The molecule has 2 nitrogen and oxygen atoms in total. The van der Waals surface area contributed by atoms with Crippen LogP contribution in [0, 0.1) is 0 Å². The zero-order valence-electron chi connectivity index (χ0n) is 8.21. The predicted molar refractivity (Wildman–Crippen MR) is 53.3 cm³/mol. The van der Waals surface area contributed by atoms with E-state index in [9.17, 15) is 0 Å². The van der Waals surface area contributed by atoms with E-state index in [1.54, 1.807) is 0 Å². The Bertz CT molecular complexity index is 141. The zero-order valence-corrected chi connectivity index (χ0v) is 8.21. The van der Waals surface area contributed by atoms with Crippen LogP contribution in [0.15, 0.2) is 12.2 Å². The molecule has 0 radical (unpaired) electrons. The fraction of sp³-hybridized carbons (Fsp3) is 0.800. The minimum absolute atomic E-state index is 0.616. The van der Waals surface area contributed by atoms with Crippen LogP contribution in [0.25, 0.3) is 0 Å². The second-order valence-corrected chi connectivity index (χ2v) is 3.67. The molecule has 0 fully saturated rings. The highest BCUT2D eigenvalue weighted by molar-refractivity contribution is 4.90. The molecule has 1 aliphatic heterocycles. The fourth-order valence-electron chi connectivity index (χ4n) is 1.40. The quantitative estimate of drug-likeness (QED) is 0.635. The van der Waals surface area contributed by atoms with E-state index in [-0.39, 0.29) is 0 Å². The molecule has 0 aromatic carbocycles. The fourth-order valence-corrected chi connectivity index (χ4v) is 1.40. The van der Waals surface area contributed by atoms with E-state index in [1.807, 2.05) is 0 Å². The molecule has 1 heterocycles. The van der Waals surface area contributed by atoms with Crippen molar-refractivity contribution in [3.05, 3.63) is 12.2 Å². The van der Waals surface area contributed by atoms with Gasteiger partial charge < -0.3 is 5.32 Å². The summed E-state index contributed by atoms with van der Waals surface area (Å²) in [7, 11) is 0. The number of rotatable bonds is 4. The molecule has 0 amide bonds. The molecule has 1 N–H and O–H groups in total. The largest absolute Gasteiger partial charge is 0.313 e. The van der Waals surface area contributed by atoms with Gasteiger partial charge in [0.25, 0.3) is 0 Å². The van der Waals surface area contributed by atoms with Crippen molar-refractivity contribution in [2.24, 2.45) is 0 Å². The Morgan fingerprint density at radius 3 is 2.83 bits per heavy atom. The molecule has 1 aliphatic rings. The van der Waals surface area contributed by atoms with Crippen LogP contribution < -0.4 is 5.32 Å². The van der Waals surface area contributed by atoms with Crippen molar-refractivity contribution in [3.8, 4) is 0 Å². The third kappa shape index (κ3) is 3.88. The average molecular weight is 168 g/mol. The lowest BCUT2D eigenvalue weighted by molar-refractivity contribution is 0.294. The van der Waals surface area contributed by atoms with Gasteiger partial charge in [-0.25, -0.2) is 0 Å². The highest BCUT2D eigenvalue weighted by atomic mass is 15.1. The summed E-state index contributed by atoms with van der Waals surface area (Å²) in [5, 5.41) is 3.43. The van der Waals surface area contributed by atoms with Crippen molar-refractivity contribution in [1.29, 1.82) is 0 Å². The molecule has 2 heteroatoms. The standard InChI is InChI=1S/C10H20N2/c1-10(2)11-6-9-12-7-4-3-5-8-12/h3-4,10-11H,5-9H2,1-2H3. The Morgan fingerprint density at radius 2 is 2.25 bits per heavy atom. The molecule has 0 saturated carbocycles. The Balaban J connectivity index is 2.03. The lowest BCUT2D eigenvalue weighted by Crippen LogP contribution is -2.36. The molecule has 0 unspecified atom stereocenters. The van der Waals surface area contributed by atoms with Gasteiger partial charge in [0.05, 0.1) is 0 Å². The number of nitrogens with one attached hydrogen (secondary N) is 1. The van der Waals surface area contributed by atoms with Crippen molar-refractivity contribution in [2.75, 3.05) is 26.2 Å². The summed E-state index contributed by atoms with van der Waals surface area (Å²) in [6, 6.07) is 0.616. The van der Waals surface area contributed by atoms with Crippen LogP contribution in [0.1, 0.15) is 20.3 Å². The van der Waals surface area contributed by atoms with E-state index in [1.165, 1.54) is 19.5 Å². The summed E-state index contributed by atoms with van der Waals surface area (Å²) in [4.78, 5) is 2.48. The smallest absolute Gasteiger partial charge is 0.0163 e. The van der Waals surface area contributed by atoms with E-state index in [0.29, 0.717) is 6.04 Å². The molecule has 0 aromatic heterocycles. The van der Waals surface area contributed by atoms with E-state index in [0.717, 1.165) is 13.1 Å². The van der Waals surface area contributed by atoms with Crippen molar-refractivity contribution in [3.63, 3.8) is 0 Å². The monoisotopic (exact) mass is 168 g/mol. The molecule has 0 spiro atoms. The van der Waals surface area contributed by atoms with Gasteiger partial charge in [0, 0.05) is 32.2 Å². The molecule has 0 saturated heterocycles. The average Bonchev–Trinajstić information content (AvgIpc) is 2.05. The van der Waals surface area contributed by atoms with Crippen LogP contribution in [-0.4, -0.2) is 37.1 Å². The minimum Gasteiger partial charge on any atom is -0.313 e. The summed E-state index contributed by atoms with van der Waals surface area (Å²) in [5.74, 6) is 0. The Kier molecular flexibility index (Phi) is 4.33. The van der Waals surface area contributed by atoms with Crippen LogP contribution in [0.3, 0.4) is 0 Å². The molecule has 12 heavy (non-hydrogen) atoms. The van der Waals surface area contributed by atoms with E-state index in [4.69, 9.17) is 0 Å². The summed E-state index contributed by atoms with van der Waals surface area (Å²) in [5.41, 5.74) is 0. The van der Waals surface area contributed by atoms with Gasteiger partial charge >= 0.3 is 0 Å². The first kappa shape index (κ1) is 9.75. The second kappa shape index (κ2) is 5.33. The normalized spacial score (nSPS) is 18.9. The van der Waals surface area contributed by atoms with Gasteiger partial charge in [0.15, 0.2) is 0 Å². The van der Waals surface area contributed by atoms with Crippen LogP contribution in [-0.2, 0) is 0 Å². The molecule has 0 aromatic rings. The highest BCUT2D eigenvalue weighted by Gasteiger charge is 2.04. The third-order valence-corrected chi connectivity index (χ3v) is 2.12. The Labute approximate surface area is 75.6 Å². The van der Waals surface area contributed by atoms with Crippen LogP contribution >= 0.6 is 0 Å². The Morgan fingerprint density at radius 1 is 1.42 bits per heavy atom. The molecule has 0 atom stereocenters. The molecule has 0 aliphatic carbocycles. The first-order valence-corrected chi connectivity index (χ1v) is 4.90. The topological polar surface area (TPSA) is 15.3 Å². The maximum Gasteiger partial charge on any atom is 0.0163 e. The van der Waals surface area contributed by atoms with E-state index >= 15 is 0 Å². The molecular formula is C10H20N2. The molecule has 1 rings (SSSR count). The third-order valence-electron chi connectivity index (χ3n) is 2.12. The Hall–Kier alpha value is -0.340. The lowest BCUT2D eigenvalue weighted by Gasteiger charge is -2.23. The first-order valence-electron chi connectivity index (χ1n) is 4.90. The minimum atomic E-state index is 0.616. The maximum absolute atomic E-state index is 3.43. The van der Waals surface area contributed by atoms with Gasteiger partial charge in [-0.15, -0.1) is 0 Å². The van der Waals surface area contributed by atoms with Crippen LogP contribution in [0.4, 0.5) is 0 Å². The zero-order chi connectivity index (χ0) is 8.81. The first-order chi connectivity index (χ1) is 5.79. The molecule has 70 valence electrons. The van der Waals surface area contributed by atoms with E-state index < -0.39 is 0 Å². The SMILES string of the molecule is CC(C)NCCN1CC=CCC1.